The SMILES string of the molecule is COc1ccc(N2C(=O)C(O)=C(c3ccccc3)C2c2ccccc2F)cc1. The number of benzene rings is 3. The van der Waals surface area contributed by atoms with E-state index in [1.54, 1.807) is 61.7 Å². The van der Waals surface area contributed by atoms with Gasteiger partial charge in [-0.2, -0.15) is 0 Å². The van der Waals surface area contributed by atoms with Crippen LogP contribution in [0.1, 0.15) is 17.2 Å². The highest BCUT2D eigenvalue weighted by Gasteiger charge is 2.42. The van der Waals surface area contributed by atoms with Gasteiger partial charge in [0.2, 0.25) is 0 Å². The summed E-state index contributed by atoms with van der Waals surface area (Å²) in [7, 11) is 1.55. The van der Waals surface area contributed by atoms with Gasteiger partial charge in [-0.05, 0) is 35.9 Å². The Morgan fingerprint density at radius 2 is 1.57 bits per heavy atom. The van der Waals surface area contributed by atoms with Crippen LogP contribution in [-0.2, 0) is 4.79 Å². The highest BCUT2D eigenvalue weighted by molar-refractivity contribution is 6.16. The molecule has 4 nitrogen and oxygen atoms in total. The van der Waals surface area contributed by atoms with Crippen LogP contribution in [0.4, 0.5) is 10.1 Å². The molecule has 140 valence electrons. The third-order valence-corrected chi connectivity index (χ3v) is 4.84. The van der Waals surface area contributed by atoms with E-state index < -0.39 is 17.8 Å². The monoisotopic (exact) mass is 375 g/mol. The molecule has 0 aromatic heterocycles. The summed E-state index contributed by atoms with van der Waals surface area (Å²) >= 11 is 0. The van der Waals surface area contributed by atoms with Crippen molar-refractivity contribution in [3.05, 3.63) is 102 Å². The quantitative estimate of drug-likeness (QED) is 0.706. The Morgan fingerprint density at radius 1 is 0.929 bits per heavy atom. The number of anilines is 1. The number of amides is 1. The van der Waals surface area contributed by atoms with Crippen molar-refractivity contribution in [3.63, 3.8) is 0 Å². The smallest absolute Gasteiger partial charge is 0.294 e. The number of aliphatic hydroxyl groups is 1. The molecule has 0 fully saturated rings. The second kappa shape index (κ2) is 7.19. The van der Waals surface area contributed by atoms with E-state index >= 15 is 0 Å². The number of carbonyl (C=O) groups is 1. The van der Waals surface area contributed by atoms with Crippen LogP contribution in [0.2, 0.25) is 0 Å². The summed E-state index contributed by atoms with van der Waals surface area (Å²) in [6.07, 6.45) is 0. The fourth-order valence-electron chi connectivity index (χ4n) is 3.52. The number of ether oxygens (including phenoxy) is 1. The fraction of sp³-hybridized carbons (Fsp3) is 0.0870. The highest BCUT2D eigenvalue weighted by atomic mass is 19.1. The third-order valence-electron chi connectivity index (χ3n) is 4.84. The highest BCUT2D eigenvalue weighted by Crippen LogP contribution is 2.46. The zero-order valence-corrected chi connectivity index (χ0v) is 15.2. The molecule has 4 rings (SSSR count). The van der Waals surface area contributed by atoms with Crippen molar-refractivity contribution in [2.75, 3.05) is 12.0 Å². The van der Waals surface area contributed by atoms with Crippen LogP contribution in [0.3, 0.4) is 0 Å². The largest absolute Gasteiger partial charge is 0.503 e. The zero-order chi connectivity index (χ0) is 19.7. The molecule has 28 heavy (non-hydrogen) atoms. The van der Waals surface area contributed by atoms with Gasteiger partial charge in [0.15, 0.2) is 5.76 Å². The molecule has 0 aliphatic carbocycles. The molecule has 1 N–H and O–H groups in total. The van der Waals surface area contributed by atoms with Crippen LogP contribution in [0.25, 0.3) is 5.57 Å². The third kappa shape index (κ3) is 2.91. The van der Waals surface area contributed by atoms with E-state index in [0.29, 0.717) is 28.1 Å². The molecule has 0 radical (unpaired) electrons. The summed E-state index contributed by atoms with van der Waals surface area (Å²) in [4.78, 5) is 14.4. The molecule has 1 atom stereocenters. The summed E-state index contributed by atoms with van der Waals surface area (Å²) in [5.41, 5.74) is 1.90. The molecule has 5 heteroatoms. The lowest BCUT2D eigenvalue weighted by molar-refractivity contribution is -0.117. The van der Waals surface area contributed by atoms with Gasteiger partial charge in [0.1, 0.15) is 11.6 Å². The molecule has 1 aliphatic rings. The van der Waals surface area contributed by atoms with Gasteiger partial charge >= 0.3 is 0 Å². The number of aliphatic hydroxyl groups excluding tert-OH is 1. The first kappa shape index (κ1) is 17.8. The van der Waals surface area contributed by atoms with Crippen LogP contribution in [0.5, 0.6) is 5.75 Å². The van der Waals surface area contributed by atoms with Gasteiger partial charge in [-0.3, -0.25) is 9.69 Å². The van der Waals surface area contributed by atoms with E-state index in [-0.39, 0.29) is 5.76 Å². The number of hydrogen-bond donors (Lipinski definition) is 1. The van der Waals surface area contributed by atoms with Crippen LogP contribution in [0.15, 0.2) is 84.6 Å². The second-order valence-electron chi connectivity index (χ2n) is 6.43. The Bertz CT molecular complexity index is 1040. The second-order valence-corrected chi connectivity index (χ2v) is 6.43. The molecule has 0 bridgehead atoms. The average molecular weight is 375 g/mol. The standard InChI is InChI=1S/C23H18FNO3/c1-28-17-13-11-16(12-14-17)25-21(18-9-5-6-10-19(18)24)20(22(26)23(25)27)15-7-3-2-4-8-15/h2-14,21,26H,1H3. The van der Waals surface area contributed by atoms with Crippen molar-refractivity contribution >= 4 is 17.2 Å². The number of rotatable bonds is 4. The average Bonchev–Trinajstić information content (AvgIpc) is 3.00. The summed E-state index contributed by atoms with van der Waals surface area (Å²) in [6.45, 7) is 0. The Labute approximate surface area is 162 Å². The molecule has 0 spiro atoms. The topological polar surface area (TPSA) is 49.8 Å². The lowest BCUT2D eigenvalue weighted by atomic mass is 9.93. The number of hydrogen-bond acceptors (Lipinski definition) is 3. The maximum Gasteiger partial charge on any atom is 0.294 e. The molecule has 0 saturated heterocycles. The molecule has 0 saturated carbocycles. The fourth-order valence-corrected chi connectivity index (χ4v) is 3.52. The van der Waals surface area contributed by atoms with Gasteiger partial charge in [-0.25, -0.2) is 4.39 Å². The van der Waals surface area contributed by atoms with E-state index in [0.717, 1.165) is 0 Å². The van der Waals surface area contributed by atoms with Crippen molar-refractivity contribution in [1.82, 2.24) is 0 Å². The molecular weight excluding hydrogens is 357 g/mol. The lowest BCUT2D eigenvalue weighted by Crippen LogP contribution is -2.30. The van der Waals surface area contributed by atoms with E-state index in [1.165, 1.54) is 11.0 Å². The Hall–Kier alpha value is -3.60. The first-order chi connectivity index (χ1) is 13.6. The Balaban J connectivity index is 1.91. The Kier molecular flexibility index (Phi) is 4.57. The maximum atomic E-state index is 14.7. The van der Waals surface area contributed by atoms with Gasteiger partial charge in [-0.15, -0.1) is 0 Å². The van der Waals surface area contributed by atoms with Gasteiger partial charge in [0.05, 0.1) is 13.2 Å². The van der Waals surface area contributed by atoms with Gasteiger partial charge < -0.3 is 9.84 Å². The Morgan fingerprint density at radius 3 is 2.21 bits per heavy atom. The minimum absolute atomic E-state index is 0.314. The molecule has 3 aromatic rings. The van der Waals surface area contributed by atoms with E-state index in [4.69, 9.17) is 4.74 Å². The van der Waals surface area contributed by atoms with E-state index in [1.807, 2.05) is 18.2 Å². The predicted molar refractivity (Wildman–Crippen MR) is 106 cm³/mol. The van der Waals surface area contributed by atoms with Crippen LogP contribution in [0, 0.1) is 5.82 Å². The van der Waals surface area contributed by atoms with E-state index in [2.05, 4.69) is 0 Å². The van der Waals surface area contributed by atoms with Crippen molar-refractivity contribution in [1.29, 1.82) is 0 Å². The van der Waals surface area contributed by atoms with Crippen molar-refractivity contribution in [2.24, 2.45) is 0 Å². The minimum Gasteiger partial charge on any atom is -0.503 e. The van der Waals surface area contributed by atoms with Gasteiger partial charge in [-0.1, -0.05) is 48.5 Å². The summed E-state index contributed by atoms with van der Waals surface area (Å²) in [5, 5.41) is 10.7. The number of carbonyl (C=O) groups excluding carboxylic acids is 1. The molecular formula is C23H18FNO3. The van der Waals surface area contributed by atoms with Crippen molar-refractivity contribution < 1.29 is 19.0 Å². The minimum atomic E-state index is -0.788. The number of methoxy groups -OCH3 is 1. The number of nitrogens with zero attached hydrogens (tertiary/aromatic N) is 1. The van der Waals surface area contributed by atoms with Crippen LogP contribution >= 0.6 is 0 Å². The normalized spacial score (nSPS) is 16.6. The predicted octanol–water partition coefficient (Wildman–Crippen LogP) is 4.89. The van der Waals surface area contributed by atoms with Gasteiger partial charge in [0, 0.05) is 16.8 Å². The van der Waals surface area contributed by atoms with E-state index in [9.17, 15) is 14.3 Å². The molecule has 1 heterocycles. The maximum absolute atomic E-state index is 14.7. The summed E-state index contributed by atoms with van der Waals surface area (Å²) < 4.78 is 19.9. The molecule has 1 amide bonds. The molecule has 1 aliphatic heterocycles. The van der Waals surface area contributed by atoms with Gasteiger partial charge in [0.25, 0.3) is 5.91 Å². The van der Waals surface area contributed by atoms with Crippen LogP contribution in [-0.4, -0.2) is 18.1 Å². The van der Waals surface area contributed by atoms with Crippen molar-refractivity contribution in [3.8, 4) is 5.75 Å². The molecule has 1 unspecified atom stereocenters. The first-order valence-corrected chi connectivity index (χ1v) is 8.82. The summed E-state index contributed by atoms with van der Waals surface area (Å²) in [5.74, 6) is -0.757. The number of halogens is 1. The van der Waals surface area contributed by atoms with Crippen molar-refractivity contribution in [2.45, 2.75) is 6.04 Å². The first-order valence-electron chi connectivity index (χ1n) is 8.82. The summed E-state index contributed by atoms with van der Waals surface area (Å²) in [6, 6.07) is 21.4. The molecule has 3 aromatic carbocycles. The lowest BCUT2D eigenvalue weighted by Gasteiger charge is -2.27. The zero-order valence-electron chi connectivity index (χ0n) is 15.2. The van der Waals surface area contributed by atoms with Crippen LogP contribution < -0.4 is 9.64 Å².